The maximum atomic E-state index is 12.3. The topological polar surface area (TPSA) is 83.6 Å². The Morgan fingerprint density at radius 3 is 2.70 bits per heavy atom. The van der Waals surface area contributed by atoms with E-state index in [1.165, 1.54) is 12.1 Å². The normalized spacial score (nSPS) is 19.2. The molecule has 1 aromatic rings. The van der Waals surface area contributed by atoms with Gasteiger partial charge in [-0.05, 0) is 37.8 Å². The first-order valence-corrected chi connectivity index (χ1v) is 9.05. The summed E-state index contributed by atoms with van der Waals surface area (Å²) < 4.78 is 25.3. The molecule has 1 aromatic carbocycles. The maximum absolute atomic E-state index is 12.3. The number of amides is 2. The molecule has 0 saturated carbocycles. The van der Waals surface area contributed by atoms with Crippen molar-refractivity contribution in [1.29, 1.82) is 0 Å². The van der Waals surface area contributed by atoms with Crippen LogP contribution in [-0.2, 0) is 14.8 Å². The van der Waals surface area contributed by atoms with E-state index in [9.17, 15) is 18.0 Å². The number of nitrogens with zero attached hydrogens (tertiary/aromatic N) is 1. The van der Waals surface area contributed by atoms with Crippen molar-refractivity contribution in [3.8, 4) is 0 Å². The molecule has 0 fully saturated rings. The summed E-state index contributed by atoms with van der Waals surface area (Å²) >= 11 is 0. The van der Waals surface area contributed by atoms with Gasteiger partial charge in [-0.25, -0.2) is 12.7 Å². The van der Waals surface area contributed by atoms with E-state index in [1.54, 1.807) is 12.1 Å². The van der Waals surface area contributed by atoms with Gasteiger partial charge in [0.1, 0.15) is 11.4 Å². The number of rotatable bonds is 4. The first-order chi connectivity index (χ1) is 11.0. The molecule has 1 heterocycles. The summed E-state index contributed by atoms with van der Waals surface area (Å²) in [4.78, 5) is 24.2. The van der Waals surface area contributed by atoms with Crippen molar-refractivity contribution in [2.45, 2.75) is 30.6 Å². The number of carbonyl (C=O) groups is 2. The molecule has 23 heavy (non-hydrogen) atoms. The molecule has 0 spiro atoms. The Balaban J connectivity index is 1.67. The second-order valence-electron chi connectivity index (χ2n) is 5.70. The summed E-state index contributed by atoms with van der Waals surface area (Å²) in [7, 11) is -3.93. The zero-order chi connectivity index (χ0) is 16.4. The van der Waals surface area contributed by atoms with Crippen molar-refractivity contribution < 1.29 is 18.0 Å². The molecule has 3 rings (SSSR count). The molecular formula is C16H18N2O4S. The fourth-order valence-corrected chi connectivity index (χ4v) is 4.38. The summed E-state index contributed by atoms with van der Waals surface area (Å²) in [6.07, 6.45) is 6.34. The Hall–Kier alpha value is -2.15. The van der Waals surface area contributed by atoms with E-state index in [-0.39, 0.29) is 10.5 Å². The van der Waals surface area contributed by atoms with Crippen LogP contribution in [0, 0.1) is 0 Å². The number of sulfonamides is 1. The molecule has 0 radical (unpaired) electrons. The van der Waals surface area contributed by atoms with E-state index in [4.69, 9.17) is 0 Å². The van der Waals surface area contributed by atoms with Crippen LogP contribution in [0.5, 0.6) is 0 Å². The number of benzene rings is 1. The van der Waals surface area contributed by atoms with Crippen LogP contribution in [0.1, 0.15) is 36.0 Å². The monoisotopic (exact) mass is 334 g/mol. The third-order valence-corrected chi connectivity index (χ3v) is 5.88. The van der Waals surface area contributed by atoms with Gasteiger partial charge in [-0.1, -0.05) is 23.8 Å². The van der Waals surface area contributed by atoms with Crippen molar-refractivity contribution in [2.75, 3.05) is 13.1 Å². The van der Waals surface area contributed by atoms with Gasteiger partial charge in [0.15, 0.2) is 0 Å². The minimum atomic E-state index is -3.93. The summed E-state index contributed by atoms with van der Waals surface area (Å²) in [5.41, 5.74) is 1.28. The number of allylic oxidation sites excluding steroid dienone is 1. The van der Waals surface area contributed by atoms with E-state index in [1.807, 2.05) is 0 Å². The van der Waals surface area contributed by atoms with Gasteiger partial charge in [-0.15, -0.1) is 0 Å². The van der Waals surface area contributed by atoms with E-state index in [0.29, 0.717) is 10.8 Å². The molecule has 1 aliphatic carbocycles. The second kappa shape index (κ2) is 6.16. The predicted molar refractivity (Wildman–Crippen MR) is 84.2 cm³/mol. The van der Waals surface area contributed by atoms with Crippen LogP contribution in [0.25, 0.3) is 0 Å². The Morgan fingerprint density at radius 1 is 1.22 bits per heavy atom. The first kappa shape index (κ1) is 15.7. The molecule has 0 unspecified atom stereocenters. The van der Waals surface area contributed by atoms with E-state index < -0.39 is 28.4 Å². The highest BCUT2D eigenvalue weighted by atomic mass is 32.2. The molecule has 7 heteroatoms. The summed E-state index contributed by atoms with van der Waals surface area (Å²) in [6, 6.07) is 6.00. The zero-order valence-electron chi connectivity index (χ0n) is 12.6. The number of hydrogen-bond acceptors (Lipinski definition) is 4. The molecule has 122 valence electrons. The molecule has 2 aliphatic rings. The van der Waals surface area contributed by atoms with Gasteiger partial charge in [-0.3, -0.25) is 9.59 Å². The predicted octanol–water partition coefficient (Wildman–Crippen LogP) is 1.45. The standard InChI is InChI=1S/C16H18N2O4S/c19-15(17-10-12-6-2-1-3-7-12)11-18-16(20)13-8-4-5-9-14(13)23(18,21)22/h4-6,8-9H,1-3,7,10-11H2,(H,17,19). The quantitative estimate of drug-likeness (QED) is 0.845. The van der Waals surface area contributed by atoms with E-state index >= 15 is 0 Å². The highest BCUT2D eigenvalue weighted by Crippen LogP contribution is 2.29. The Bertz CT molecular complexity index is 783. The van der Waals surface area contributed by atoms with Gasteiger partial charge >= 0.3 is 0 Å². The van der Waals surface area contributed by atoms with Gasteiger partial charge < -0.3 is 5.32 Å². The highest BCUT2D eigenvalue weighted by Gasteiger charge is 2.41. The van der Waals surface area contributed by atoms with E-state index in [2.05, 4.69) is 11.4 Å². The molecule has 2 amide bonds. The fourth-order valence-electron chi connectivity index (χ4n) is 2.85. The minimum absolute atomic E-state index is 0.0345. The molecule has 0 atom stereocenters. The smallest absolute Gasteiger partial charge is 0.269 e. The first-order valence-electron chi connectivity index (χ1n) is 7.61. The average molecular weight is 334 g/mol. The second-order valence-corrected chi connectivity index (χ2v) is 7.53. The van der Waals surface area contributed by atoms with Crippen LogP contribution in [0.15, 0.2) is 40.8 Å². The summed E-state index contributed by atoms with van der Waals surface area (Å²) in [5.74, 6) is -1.12. The number of nitrogens with one attached hydrogen (secondary N) is 1. The largest absolute Gasteiger partial charge is 0.351 e. The van der Waals surface area contributed by atoms with Gasteiger partial charge in [-0.2, -0.15) is 0 Å². The summed E-state index contributed by atoms with van der Waals surface area (Å²) in [5, 5.41) is 2.70. The van der Waals surface area contributed by atoms with Crippen LogP contribution in [0.3, 0.4) is 0 Å². The van der Waals surface area contributed by atoms with Crippen LogP contribution in [-0.4, -0.2) is 37.6 Å². The highest BCUT2D eigenvalue weighted by molar-refractivity contribution is 7.90. The van der Waals surface area contributed by atoms with Gasteiger partial charge in [0.05, 0.1) is 5.56 Å². The van der Waals surface area contributed by atoms with Crippen LogP contribution in [0.4, 0.5) is 0 Å². The third kappa shape index (κ3) is 3.01. The van der Waals surface area contributed by atoms with Crippen molar-refractivity contribution in [3.05, 3.63) is 41.5 Å². The molecule has 0 bridgehead atoms. The van der Waals surface area contributed by atoms with Crippen LogP contribution < -0.4 is 5.32 Å². The molecule has 1 N–H and O–H groups in total. The summed E-state index contributed by atoms with van der Waals surface area (Å²) in [6.45, 7) is -0.0724. The average Bonchev–Trinajstić information content (AvgIpc) is 2.75. The van der Waals surface area contributed by atoms with Crippen molar-refractivity contribution in [1.82, 2.24) is 9.62 Å². The van der Waals surface area contributed by atoms with Gasteiger partial charge in [0, 0.05) is 6.54 Å². The van der Waals surface area contributed by atoms with Crippen molar-refractivity contribution in [3.63, 3.8) is 0 Å². The Kier molecular flexibility index (Phi) is 4.21. The lowest BCUT2D eigenvalue weighted by Gasteiger charge is -2.16. The SMILES string of the molecule is O=C(CN1C(=O)c2ccccc2S1(=O)=O)NCC1=CCCCC1. The molecule has 6 nitrogen and oxygen atoms in total. The number of hydrogen-bond donors (Lipinski definition) is 1. The molecule has 0 aromatic heterocycles. The number of fused-ring (bicyclic) bond motifs is 1. The molecular weight excluding hydrogens is 316 g/mol. The van der Waals surface area contributed by atoms with E-state index in [0.717, 1.165) is 31.3 Å². The number of carbonyl (C=O) groups excluding carboxylic acids is 2. The Morgan fingerprint density at radius 2 is 2.00 bits per heavy atom. The lowest BCUT2D eigenvalue weighted by molar-refractivity contribution is -0.120. The lowest BCUT2D eigenvalue weighted by Crippen LogP contribution is -2.40. The fraction of sp³-hybridized carbons (Fsp3) is 0.375. The maximum Gasteiger partial charge on any atom is 0.269 e. The molecule has 0 saturated heterocycles. The Labute approximate surface area is 135 Å². The van der Waals surface area contributed by atoms with Gasteiger partial charge in [0.25, 0.3) is 15.9 Å². The zero-order valence-corrected chi connectivity index (χ0v) is 13.4. The van der Waals surface area contributed by atoms with Gasteiger partial charge in [0.2, 0.25) is 5.91 Å². The molecule has 1 aliphatic heterocycles. The van der Waals surface area contributed by atoms with Crippen molar-refractivity contribution in [2.24, 2.45) is 0 Å². The third-order valence-electron chi connectivity index (χ3n) is 4.10. The van der Waals surface area contributed by atoms with Crippen LogP contribution in [0.2, 0.25) is 0 Å². The van der Waals surface area contributed by atoms with Crippen molar-refractivity contribution >= 4 is 21.8 Å². The minimum Gasteiger partial charge on any atom is -0.351 e. The van der Waals surface area contributed by atoms with Crippen LogP contribution >= 0.6 is 0 Å². The lowest BCUT2D eigenvalue weighted by atomic mass is 10.00.